The van der Waals surface area contributed by atoms with Crippen molar-refractivity contribution in [1.29, 1.82) is 0 Å². The molecule has 0 aromatic heterocycles. The van der Waals surface area contributed by atoms with Gasteiger partial charge in [-0.05, 0) is 57.4 Å². The van der Waals surface area contributed by atoms with Gasteiger partial charge in [0.2, 0.25) is 11.6 Å². The number of aliphatic hydroxyl groups excluding tert-OH is 2. The molecule has 0 aromatic carbocycles. The van der Waals surface area contributed by atoms with Gasteiger partial charge in [-0.15, -0.1) is 0 Å². The molecule has 0 spiro atoms. The number of ether oxygens (including phenoxy) is 2. The monoisotopic (exact) mass is 494 g/mol. The number of hydrogen-bond donors (Lipinski definition) is 3. The van der Waals surface area contributed by atoms with E-state index in [4.69, 9.17) is 9.47 Å². The number of carbonyl (C=O) groups excluding carboxylic acids is 1. The van der Waals surface area contributed by atoms with Gasteiger partial charge in [0.05, 0.1) is 18.3 Å². The Morgan fingerprint density at radius 1 is 1.06 bits per heavy atom. The van der Waals surface area contributed by atoms with E-state index in [1.165, 1.54) is 5.57 Å². The van der Waals surface area contributed by atoms with Crippen LogP contribution < -0.4 is 0 Å². The Labute approximate surface area is 209 Å². The third-order valence-electron chi connectivity index (χ3n) is 8.66. The van der Waals surface area contributed by atoms with Gasteiger partial charge in [-0.2, -0.15) is 0 Å². The van der Waals surface area contributed by atoms with Crippen molar-refractivity contribution >= 4 is 5.78 Å². The summed E-state index contributed by atoms with van der Waals surface area (Å²) >= 11 is 0. The number of allylic oxidation sites excluding steroid dienone is 4. The fourth-order valence-corrected chi connectivity index (χ4v) is 6.51. The van der Waals surface area contributed by atoms with Crippen LogP contribution in [0.25, 0.3) is 0 Å². The molecule has 35 heavy (non-hydrogen) atoms. The molecule has 0 amide bonds. The molecule has 6 nitrogen and oxygen atoms in total. The van der Waals surface area contributed by atoms with Crippen LogP contribution in [-0.4, -0.2) is 45.2 Å². The minimum Gasteiger partial charge on any atom is -0.504 e. The standard InChI is InChI=1S/C29H42O6/c1-14-8-9-22-18(5)24(30)19(6)28(34-22)23-21-13-29(33,17(4)12-16(3)11-15(2)10-14)35-27(21)20(7)25(31)26(23)32/h10,13-14,16-19,22,24,28,30,32-33H,8-9,11-12H2,1-7H3/b15-10+/t14-,16+,17-,18-,19+,22+,24-,28+,29+/m0/s1/i8+1,9+1,20+1,21+1,23+1,25+1,26+1,27+1. The highest BCUT2D eigenvalue weighted by Gasteiger charge is 2.51. The van der Waals surface area contributed by atoms with Gasteiger partial charge < -0.3 is 24.8 Å². The highest BCUT2D eigenvalue weighted by molar-refractivity contribution is 6.10. The maximum absolute atomic E-state index is 13.0. The van der Waals surface area contributed by atoms with Crippen molar-refractivity contribution in [3.05, 3.63) is 46.0 Å². The van der Waals surface area contributed by atoms with Crippen LogP contribution in [0.1, 0.15) is 74.1 Å². The Hall–Kier alpha value is -1.89. The van der Waals surface area contributed by atoms with E-state index in [2.05, 4.69) is 26.8 Å². The lowest BCUT2D eigenvalue weighted by molar-refractivity contribution is -0.164. The van der Waals surface area contributed by atoms with Crippen LogP contribution in [0.3, 0.4) is 0 Å². The van der Waals surface area contributed by atoms with Crippen LogP contribution in [0, 0.1) is 29.6 Å². The van der Waals surface area contributed by atoms with Gasteiger partial charge in [0.15, 0.2) is 5.76 Å². The lowest BCUT2D eigenvalue weighted by Gasteiger charge is -2.44. The molecule has 1 fully saturated rings. The molecule has 3 aliphatic heterocycles. The van der Waals surface area contributed by atoms with E-state index in [1.807, 2.05) is 20.8 Å². The summed E-state index contributed by atoms with van der Waals surface area (Å²) in [4.78, 5) is 13.0. The van der Waals surface area contributed by atoms with Crippen LogP contribution >= 0.6 is 0 Å². The molecule has 0 unspecified atom stereocenters. The molecule has 4 bridgehead atoms. The Morgan fingerprint density at radius 3 is 2.43 bits per heavy atom. The Kier molecular flexibility index (Phi) is 7.13. The van der Waals surface area contributed by atoms with Crippen molar-refractivity contribution in [2.24, 2.45) is 29.6 Å². The molecule has 194 valence electrons. The summed E-state index contributed by atoms with van der Waals surface area (Å²) in [5.74, 6) is -2.16. The summed E-state index contributed by atoms with van der Waals surface area (Å²) < 4.78 is 12.7. The van der Waals surface area contributed by atoms with Crippen molar-refractivity contribution < 1.29 is 29.6 Å². The lowest BCUT2D eigenvalue weighted by atomic mass is 9.85. The fourth-order valence-electron chi connectivity index (χ4n) is 6.51. The van der Waals surface area contributed by atoms with Crippen molar-refractivity contribution in [3.63, 3.8) is 0 Å². The third kappa shape index (κ3) is 4.65. The average molecular weight is 495 g/mol. The molecule has 4 aliphatic rings. The van der Waals surface area contributed by atoms with Crippen molar-refractivity contribution in [2.75, 3.05) is 0 Å². The Balaban J connectivity index is 1.83. The van der Waals surface area contributed by atoms with E-state index in [9.17, 15) is 20.1 Å². The summed E-state index contributed by atoms with van der Waals surface area (Å²) in [6.45, 7) is 14.0. The normalized spacial score (nSPS) is 44.5. The van der Waals surface area contributed by atoms with Gasteiger partial charge >= 0.3 is 0 Å². The number of aliphatic hydroxyl groups is 3. The molecule has 0 aromatic rings. The second-order valence-corrected chi connectivity index (χ2v) is 11.8. The van der Waals surface area contributed by atoms with Crippen LogP contribution in [-0.2, 0) is 14.3 Å². The first kappa shape index (κ1) is 26.2. The number of ketones is 1. The van der Waals surface area contributed by atoms with Gasteiger partial charge in [-0.3, -0.25) is 4.79 Å². The smallest absolute Gasteiger partial charge is 0.231 e. The number of rotatable bonds is 0. The zero-order valence-corrected chi connectivity index (χ0v) is 22.2. The number of hydrogen-bond acceptors (Lipinski definition) is 6. The third-order valence-corrected chi connectivity index (χ3v) is 8.66. The van der Waals surface area contributed by atoms with Crippen molar-refractivity contribution in [1.82, 2.24) is 0 Å². The minimum absolute atomic E-state index is 0.0815. The summed E-state index contributed by atoms with van der Waals surface area (Å²) in [6, 6.07) is 0. The topological polar surface area (TPSA) is 96.2 Å². The van der Waals surface area contributed by atoms with E-state index in [1.54, 1.807) is 13.0 Å². The second kappa shape index (κ2) is 9.53. The van der Waals surface area contributed by atoms with E-state index in [0.29, 0.717) is 28.7 Å². The van der Waals surface area contributed by atoms with Gasteiger partial charge in [0.25, 0.3) is 0 Å². The highest BCUT2D eigenvalue weighted by Crippen LogP contribution is 2.49. The number of carbonyl (C=O) groups is 1. The molecule has 3 heterocycles. The molecule has 0 saturated carbocycles. The van der Waals surface area contributed by atoms with E-state index in [-0.39, 0.29) is 35.2 Å². The molecule has 3 N–H and O–H groups in total. The van der Waals surface area contributed by atoms with Crippen molar-refractivity contribution in [2.45, 2.75) is 98.2 Å². The first-order valence-corrected chi connectivity index (χ1v) is 13.2. The zero-order chi connectivity index (χ0) is 25.8. The fraction of sp³-hybridized carbons (Fsp3) is 0.690. The largest absolute Gasteiger partial charge is 0.504 e. The molecule has 9 atom stereocenters. The first-order valence-electron chi connectivity index (χ1n) is 13.2. The Morgan fingerprint density at radius 2 is 1.74 bits per heavy atom. The zero-order valence-electron chi connectivity index (χ0n) is 22.2. The number of fused-ring (bicyclic) bond motifs is 4. The predicted octanol–water partition coefficient (Wildman–Crippen LogP) is 5.13. The molecular weight excluding hydrogens is 452 g/mol. The van der Waals surface area contributed by atoms with Crippen LogP contribution in [0.5, 0.6) is 0 Å². The maximum atomic E-state index is 13.0. The number of Topliss-reactive ketones (excluding diaryl/α,β-unsaturated/α-hetero) is 1. The van der Waals surface area contributed by atoms with E-state index < -0.39 is 23.8 Å². The SMILES string of the molecule is C/C1=C\[C@@H](C)[13CH2][13CH2][C@H]2O[C@H]([C@H](C)[C@@H](O)[C@H]2C)[13C]2=[13C](O)[13C](=O)[13C](C)=[13C]3O[C@](O)(C=[13C]32)[C@@H](C)C[C@H](C)C1. The van der Waals surface area contributed by atoms with E-state index in [0.717, 1.165) is 25.7 Å². The Bertz CT molecular complexity index is 1000. The molecular formula is C29H42O6. The summed E-state index contributed by atoms with van der Waals surface area (Å²) in [5.41, 5.74) is 2.44. The lowest BCUT2D eigenvalue weighted by Crippen LogP contribution is -2.50. The van der Waals surface area contributed by atoms with E-state index >= 15 is 0 Å². The summed E-state index contributed by atoms with van der Waals surface area (Å²) in [7, 11) is 0. The predicted molar refractivity (Wildman–Crippen MR) is 134 cm³/mol. The molecule has 0 radical (unpaired) electrons. The summed E-state index contributed by atoms with van der Waals surface area (Å²) in [5, 5.41) is 33.8. The van der Waals surface area contributed by atoms with Crippen LogP contribution in [0.4, 0.5) is 0 Å². The van der Waals surface area contributed by atoms with Gasteiger partial charge in [0.1, 0.15) is 5.76 Å². The first-order chi connectivity index (χ1) is 16.3. The molecule has 1 aliphatic carbocycles. The van der Waals surface area contributed by atoms with Crippen LogP contribution in [0.15, 0.2) is 46.0 Å². The quantitative estimate of drug-likeness (QED) is 0.319. The van der Waals surface area contributed by atoms with Crippen molar-refractivity contribution in [3.8, 4) is 0 Å². The summed E-state index contributed by atoms with van der Waals surface area (Å²) in [6.07, 6.45) is 5.76. The second-order valence-electron chi connectivity index (χ2n) is 11.8. The minimum atomic E-state index is -1.60. The van der Waals surface area contributed by atoms with Gasteiger partial charge in [-0.25, -0.2) is 0 Å². The molecule has 1 saturated heterocycles. The van der Waals surface area contributed by atoms with Gasteiger partial charge in [-0.1, -0.05) is 46.3 Å². The average Bonchev–Trinajstić information content (AvgIpc) is 3.14. The van der Waals surface area contributed by atoms with Crippen LogP contribution in [0.2, 0.25) is 0 Å². The van der Waals surface area contributed by atoms with Gasteiger partial charge in [0, 0.05) is 34.5 Å². The molecule has 6 heteroatoms. The molecule has 4 rings (SSSR count). The maximum Gasteiger partial charge on any atom is 0.231 e. The highest BCUT2D eigenvalue weighted by atomic mass is 16.7.